The highest BCUT2D eigenvalue weighted by molar-refractivity contribution is 5.95. The first-order chi connectivity index (χ1) is 11.7. The van der Waals surface area contributed by atoms with Crippen molar-refractivity contribution in [3.8, 4) is 5.75 Å². The van der Waals surface area contributed by atoms with Gasteiger partial charge in [0.25, 0.3) is 0 Å². The van der Waals surface area contributed by atoms with Crippen LogP contribution in [0, 0.1) is 11.8 Å². The summed E-state index contributed by atoms with van der Waals surface area (Å²) in [7, 11) is 0. The van der Waals surface area contributed by atoms with Gasteiger partial charge in [-0.05, 0) is 44.0 Å². The molecule has 5 heteroatoms. The third-order valence-corrected chi connectivity index (χ3v) is 4.96. The van der Waals surface area contributed by atoms with Crippen LogP contribution in [0.3, 0.4) is 0 Å². The molecule has 1 heterocycles. The predicted octanol–water partition coefficient (Wildman–Crippen LogP) is 2.74. The molecule has 1 aliphatic carbocycles. The van der Waals surface area contributed by atoms with Crippen molar-refractivity contribution >= 4 is 17.5 Å². The molecule has 0 unspecified atom stereocenters. The summed E-state index contributed by atoms with van der Waals surface area (Å²) in [5, 5.41) is 3.05. The molecule has 1 aliphatic heterocycles. The van der Waals surface area contributed by atoms with E-state index in [1.807, 2.05) is 36.1 Å². The largest absolute Gasteiger partial charge is 0.494 e. The minimum absolute atomic E-state index is 0.124. The molecule has 1 saturated heterocycles. The maximum absolute atomic E-state index is 12.3. The summed E-state index contributed by atoms with van der Waals surface area (Å²) < 4.78 is 5.43. The van der Waals surface area contributed by atoms with Crippen LogP contribution in [0.5, 0.6) is 5.75 Å². The number of nitrogens with zero attached hydrogens (tertiary/aromatic N) is 1. The zero-order chi connectivity index (χ0) is 16.9. The Labute approximate surface area is 143 Å². The molecular formula is C19H26N2O3. The third kappa shape index (κ3) is 3.89. The van der Waals surface area contributed by atoms with E-state index in [1.54, 1.807) is 0 Å². The summed E-state index contributed by atoms with van der Waals surface area (Å²) in [5.41, 5.74) is 0.896. The molecule has 0 bridgehead atoms. The number of anilines is 1. The number of carbonyl (C=O) groups is 2. The fourth-order valence-electron chi connectivity index (χ4n) is 3.63. The summed E-state index contributed by atoms with van der Waals surface area (Å²) in [4.78, 5) is 26.2. The summed E-state index contributed by atoms with van der Waals surface area (Å²) in [5.74, 6) is 1.48. The van der Waals surface area contributed by atoms with Gasteiger partial charge in [-0.15, -0.1) is 0 Å². The van der Waals surface area contributed by atoms with Crippen molar-refractivity contribution in [1.29, 1.82) is 0 Å². The van der Waals surface area contributed by atoms with E-state index in [0.717, 1.165) is 37.1 Å². The second-order valence-corrected chi connectivity index (χ2v) is 6.73. The molecule has 3 rings (SSSR count). The molecule has 0 aromatic heterocycles. The van der Waals surface area contributed by atoms with E-state index in [0.29, 0.717) is 26.1 Å². The van der Waals surface area contributed by atoms with E-state index in [1.165, 1.54) is 0 Å². The Hall–Kier alpha value is -2.04. The van der Waals surface area contributed by atoms with Crippen LogP contribution >= 0.6 is 0 Å². The number of carbonyl (C=O) groups excluding carboxylic acids is 2. The Bertz CT molecular complexity index is 579. The minimum atomic E-state index is 0.124. The van der Waals surface area contributed by atoms with Crippen LogP contribution in [0.2, 0.25) is 0 Å². The van der Waals surface area contributed by atoms with Crippen molar-refractivity contribution in [2.24, 2.45) is 11.8 Å². The van der Waals surface area contributed by atoms with Crippen LogP contribution in [0.1, 0.15) is 39.0 Å². The zero-order valence-electron chi connectivity index (χ0n) is 14.3. The quantitative estimate of drug-likeness (QED) is 0.872. The van der Waals surface area contributed by atoms with Crippen molar-refractivity contribution < 1.29 is 14.3 Å². The lowest BCUT2D eigenvalue weighted by Crippen LogP contribution is -2.34. The molecule has 1 aromatic carbocycles. The van der Waals surface area contributed by atoms with Crippen LogP contribution in [0.15, 0.2) is 24.3 Å². The van der Waals surface area contributed by atoms with Crippen LogP contribution in [-0.2, 0) is 9.59 Å². The van der Waals surface area contributed by atoms with Crippen molar-refractivity contribution in [1.82, 2.24) is 5.32 Å². The molecule has 2 fully saturated rings. The number of benzene rings is 1. The average Bonchev–Trinajstić information content (AvgIpc) is 3.24. The number of hydrogen-bond acceptors (Lipinski definition) is 3. The number of hydrogen-bond donors (Lipinski definition) is 1. The minimum Gasteiger partial charge on any atom is -0.494 e. The molecule has 2 aliphatic rings. The van der Waals surface area contributed by atoms with Gasteiger partial charge in [0, 0.05) is 37.0 Å². The fourth-order valence-corrected chi connectivity index (χ4v) is 3.63. The first-order valence-electron chi connectivity index (χ1n) is 8.98. The Balaban J connectivity index is 1.52. The number of rotatable bonds is 6. The van der Waals surface area contributed by atoms with Gasteiger partial charge in [0.2, 0.25) is 11.8 Å². The van der Waals surface area contributed by atoms with E-state index >= 15 is 0 Å². The lowest BCUT2D eigenvalue weighted by Gasteiger charge is -2.18. The maximum Gasteiger partial charge on any atom is 0.227 e. The van der Waals surface area contributed by atoms with E-state index in [2.05, 4.69) is 5.32 Å². The molecule has 0 spiro atoms. The number of nitrogens with one attached hydrogen (secondary N) is 1. The molecule has 5 nitrogen and oxygen atoms in total. The summed E-state index contributed by atoms with van der Waals surface area (Å²) >= 11 is 0. The molecule has 1 aromatic rings. The van der Waals surface area contributed by atoms with Crippen LogP contribution in [0.25, 0.3) is 0 Å². The highest BCUT2D eigenvalue weighted by Crippen LogP contribution is 2.27. The lowest BCUT2D eigenvalue weighted by atomic mass is 10.1. The highest BCUT2D eigenvalue weighted by atomic mass is 16.5. The molecule has 24 heavy (non-hydrogen) atoms. The topological polar surface area (TPSA) is 58.6 Å². The standard InChI is InChI=1S/C19H26N2O3/c1-2-24-17-9-7-16(8-10-17)21-13-14(11-18(21)22)12-20-19(23)15-5-3-4-6-15/h7-10,14-15H,2-6,11-13H2,1H3,(H,20,23)/t14-/m1/s1. The van der Waals surface area contributed by atoms with E-state index in [9.17, 15) is 9.59 Å². The first kappa shape index (κ1) is 16.8. The molecule has 1 saturated carbocycles. The van der Waals surface area contributed by atoms with Gasteiger partial charge in [0.15, 0.2) is 0 Å². The van der Waals surface area contributed by atoms with Crippen molar-refractivity contribution in [3.05, 3.63) is 24.3 Å². The molecule has 2 amide bonds. The highest BCUT2D eigenvalue weighted by Gasteiger charge is 2.31. The molecule has 1 N–H and O–H groups in total. The van der Waals surface area contributed by atoms with E-state index in [4.69, 9.17) is 4.74 Å². The van der Waals surface area contributed by atoms with Gasteiger partial charge < -0.3 is 15.0 Å². The summed E-state index contributed by atoms with van der Waals surface area (Å²) in [6, 6.07) is 7.62. The first-order valence-corrected chi connectivity index (χ1v) is 8.98. The molecule has 0 radical (unpaired) electrons. The maximum atomic E-state index is 12.3. The van der Waals surface area contributed by atoms with Crippen molar-refractivity contribution in [3.63, 3.8) is 0 Å². The summed E-state index contributed by atoms with van der Waals surface area (Å²) in [6.45, 7) is 3.83. The smallest absolute Gasteiger partial charge is 0.227 e. The average molecular weight is 330 g/mol. The van der Waals surface area contributed by atoms with Gasteiger partial charge in [0.1, 0.15) is 5.75 Å². The van der Waals surface area contributed by atoms with Gasteiger partial charge in [0.05, 0.1) is 6.61 Å². The van der Waals surface area contributed by atoms with Crippen LogP contribution in [-0.4, -0.2) is 31.5 Å². The van der Waals surface area contributed by atoms with Gasteiger partial charge in [-0.25, -0.2) is 0 Å². The predicted molar refractivity (Wildman–Crippen MR) is 93.0 cm³/mol. The number of amides is 2. The van der Waals surface area contributed by atoms with Crippen molar-refractivity contribution in [2.75, 3.05) is 24.6 Å². The molecule has 1 atom stereocenters. The van der Waals surface area contributed by atoms with Crippen LogP contribution < -0.4 is 15.0 Å². The SMILES string of the molecule is CCOc1ccc(N2C[C@@H](CNC(=O)C3CCCC3)CC2=O)cc1. The van der Waals surface area contributed by atoms with Crippen LogP contribution in [0.4, 0.5) is 5.69 Å². The van der Waals surface area contributed by atoms with Gasteiger partial charge >= 0.3 is 0 Å². The van der Waals surface area contributed by atoms with E-state index < -0.39 is 0 Å². The Morgan fingerprint density at radius 3 is 2.62 bits per heavy atom. The number of ether oxygens (including phenoxy) is 1. The Kier molecular flexibility index (Phi) is 5.38. The third-order valence-electron chi connectivity index (χ3n) is 4.96. The van der Waals surface area contributed by atoms with Gasteiger partial charge in [-0.2, -0.15) is 0 Å². The Morgan fingerprint density at radius 1 is 1.25 bits per heavy atom. The fraction of sp³-hybridized carbons (Fsp3) is 0.579. The lowest BCUT2D eigenvalue weighted by molar-refractivity contribution is -0.125. The summed E-state index contributed by atoms with van der Waals surface area (Å²) in [6.07, 6.45) is 4.83. The van der Waals surface area contributed by atoms with Gasteiger partial charge in [-0.1, -0.05) is 12.8 Å². The zero-order valence-corrected chi connectivity index (χ0v) is 14.3. The monoisotopic (exact) mass is 330 g/mol. The second kappa shape index (κ2) is 7.69. The Morgan fingerprint density at radius 2 is 1.96 bits per heavy atom. The normalized spacial score (nSPS) is 21.3. The second-order valence-electron chi connectivity index (χ2n) is 6.73. The van der Waals surface area contributed by atoms with Gasteiger partial charge in [-0.3, -0.25) is 9.59 Å². The van der Waals surface area contributed by atoms with Crippen molar-refractivity contribution in [2.45, 2.75) is 39.0 Å². The molecule has 130 valence electrons. The van der Waals surface area contributed by atoms with E-state index in [-0.39, 0.29) is 23.7 Å². The molecular weight excluding hydrogens is 304 g/mol.